The highest BCUT2D eigenvalue weighted by molar-refractivity contribution is 7.89. The summed E-state index contributed by atoms with van der Waals surface area (Å²) in [5.74, 6) is 0.0254. The van der Waals surface area contributed by atoms with E-state index in [2.05, 4.69) is 10.0 Å². The summed E-state index contributed by atoms with van der Waals surface area (Å²) in [6.07, 6.45) is -0.406. The van der Waals surface area contributed by atoms with Crippen LogP contribution in [0.2, 0.25) is 10.0 Å². The van der Waals surface area contributed by atoms with Crippen LogP contribution in [0.25, 0.3) is 0 Å². The molecule has 1 fully saturated rings. The molecule has 2 atom stereocenters. The van der Waals surface area contributed by atoms with E-state index in [0.29, 0.717) is 29.7 Å². The molecule has 0 unspecified atom stereocenters. The van der Waals surface area contributed by atoms with E-state index in [0.717, 1.165) is 5.56 Å². The molecule has 2 N–H and O–H groups in total. The predicted molar refractivity (Wildman–Crippen MR) is 84.4 cm³/mol. The van der Waals surface area contributed by atoms with Crippen molar-refractivity contribution in [2.45, 2.75) is 19.1 Å². The molecule has 2 rings (SSSR count). The van der Waals surface area contributed by atoms with Gasteiger partial charge in [-0.2, -0.15) is 0 Å². The first-order chi connectivity index (χ1) is 9.93. The Bertz CT molecular complexity index is 595. The van der Waals surface area contributed by atoms with E-state index < -0.39 is 22.2 Å². The quantitative estimate of drug-likeness (QED) is 0.869. The fraction of sp³-hybridized carbons (Fsp3) is 0.538. The van der Waals surface area contributed by atoms with Crippen LogP contribution in [0, 0.1) is 0 Å². The highest BCUT2D eigenvalue weighted by atomic mass is 35.5. The Labute approximate surface area is 135 Å². The molecular formula is C13H18Cl2N2O3S. The first kappa shape index (κ1) is 17.0. The maximum absolute atomic E-state index is 11.8. The number of benzene rings is 1. The van der Waals surface area contributed by atoms with Crippen molar-refractivity contribution in [1.29, 1.82) is 0 Å². The fourth-order valence-corrected chi connectivity index (χ4v) is 3.32. The first-order valence-corrected chi connectivity index (χ1v) is 9.11. The van der Waals surface area contributed by atoms with Gasteiger partial charge < -0.3 is 10.1 Å². The van der Waals surface area contributed by atoms with Crippen molar-refractivity contribution in [3.05, 3.63) is 33.8 Å². The van der Waals surface area contributed by atoms with Crippen molar-refractivity contribution in [3.63, 3.8) is 0 Å². The molecule has 0 bridgehead atoms. The van der Waals surface area contributed by atoms with Crippen LogP contribution in [0.3, 0.4) is 0 Å². The van der Waals surface area contributed by atoms with Gasteiger partial charge in [0.15, 0.2) is 0 Å². The Kier molecular flexibility index (Phi) is 5.88. The van der Waals surface area contributed by atoms with E-state index >= 15 is 0 Å². The Hall–Kier alpha value is -0.370. The van der Waals surface area contributed by atoms with Crippen LogP contribution < -0.4 is 10.0 Å². The second-order valence-electron chi connectivity index (χ2n) is 4.80. The first-order valence-electron chi connectivity index (χ1n) is 6.70. The van der Waals surface area contributed by atoms with E-state index in [4.69, 9.17) is 27.9 Å². The Morgan fingerprint density at radius 2 is 2.14 bits per heavy atom. The monoisotopic (exact) mass is 352 g/mol. The molecule has 1 heterocycles. The highest BCUT2D eigenvalue weighted by Gasteiger charge is 2.29. The highest BCUT2D eigenvalue weighted by Crippen LogP contribution is 2.29. The summed E-state index contributed by atoms with van der Waals surface area (Å²) < 4.78 is 32.1. The molecular weight excluding hydrogens is 335 g/mol. The molecule has 1 aliphatic heterocycles. The maximum Gasteiger partial charge on any atom is 0.211 e. The van der Waals surface area contributed by atoms with Crippen molar-refractivity contribution < 1.29 is 13.2 Å². The zero-order chi connectivity index (χ0) is 15.5. The number of rotatable bonds is 4. The third-order valence-corrected chi connectivity index (χ3v) is 5.45. The van der Waals surface area contributed by atoms with Gasteiger partial charge in [0.25, 0.3) is 0 Å². The summed E-state index contributed by atoms with van der Waals surface area (Å²) >= 11 is 12.0. The second kappa shape index (κ2) is 7.26. The predicted octanol–water partition coefficient (Wildman–Crippen LogP) is 1.96. The van der Waals surface area contributed by atoms with Gasteiger partial charge in [-0.05, 0) is 24.6 Å². The van der Waals surface area contributed by atoms with Gasteiger partial charge in [0.1, 0.15) is 6.10 Å². The van der Waals surface area contributed by atoms with Crippen molar-refractivity contribution in [3.8, 4) is 0 Å². The zero-order valence-corrected chi connectivity index (χ0v) is 13.9. The summed E-state index contributed by atoms with van der Waals surface area (Å²) in [6.45, 7) is 3.25. The average Bonchev–Trinajstić information content (AvgIpc) is 2.67. The minimum Gasteiger partial charge on any atom is -0.370 e. The fourth-order valence-electron chi connectivity index (χ4n) is 2.17. The van der Waals surface area contributed by atoms with Gasteiger partial charge >= 0.3 is 0 Å². The van der Waals surface area contributed by atoms with Gasteiger partial charge in [-0.1, -0.05) is 29.3 Å². The minimum atomic E-state index is -3.32. The summed E-state index contributed by atoms with van der Waals surface area (Å²) in [5, 5.41) is 4.04. The largest absolute Gasteiger partial charge is 0.370 e. The minimum absolute atomic E-state index is 0.0254. The number of hydrogen-bond acceptors (Lipinski definition) is 4. The van der Waals surface area contributed by atoms with Crippen LogP contribution in [-0.4, -0.2) is 39.9 Å². The summed E-state index contributed by atoms with van der Waals surface area (Å²) in [6, 6.07) is 4.81. The Balaban J connectivity index is 2.28. The number of ether oxygens (including phenoxy) is 1. The van der Waals surface area contributed by atoms with Gasteiger partial charge in [-0.25, -0.2) is 13.1 Å². The molecule has 21 heavy (non-hydrogen) atoms. The lowest BCUT2D eigenvalue weighted by Gasteiger charge is -2.26. The van der Waals surface area contributed by atoms with Crippen LogP contribution in [0.15, 0.2) is 18.2 Å². The molecule has 0 radical (unpaired) electrons. The van der Waals surface area contributed by atoms with Crippen molar-refractivity contribution >= 4 is 33.2 Å². The lowest BCUT2D eigenvalue weighted by atomic mass is 10.0. The molecule has 118 valence electrons. The van der Waals surface area contributed by atoms with E-state index in [1.165, 1.54) is 0 Å². The van der Waals surface area contributed by atoms with Gasteiger partial charge in [-0.3, -0.25) is 0 Å². The van der Waals surface area contributed by atoms with Crippen molar-refractivity contribution in [2.75, 3.05) is 25.4 Å². The molecule has 0 spiro atoms. The third-order valence-electron chi connectivity index (χ3n) is 3.29. The number of sulfonamides is 1. The Morgan fingerprint density at radius 1 is 1.38 bits per heavy atom. The second-order valence-corrected chi connectivity index (χ2v) is 7.65. The average molecular weight is 353 g/mol. The SMILES string of the molecule is CCS(=O)(=O)N[C@@H]1CNCCO[C@H]1c1ccc(Cl)c(Cl)c1. The summed E-state index contributed by atoms with van der Waals surface area (Å²) in [5.41, 5.74) is 0.803. The smallest absolute Gasteiger partial charge is 0.211 e. The number of halogens is 2. The van der Waals surface area contributed by atoms with Crippen LogP contribution in [0.5, 0.6) is 0 Å². The molecule has 0 amide bonds. The lowest BCUT2D eigenvalue weighted by molar-refractivity contribution is 0.0493. The van der Waals surface area contributed by atoms with Gasteiger partial charge in [0.05, 0.1) is 28.4 Å². The van der Waals surface area contributed by atoms with Crippen molar-refractivity contribution in [2.24, 2.45) is 0 Å². The number of hydrogen-bond donors (Lipinski definition) is 2. The molecule has 0 aliphatic carbocycles. The molecule has 8 heteroatoms. The molecule has 1 saturated heterocycles. The van der Waals surface area contributed by atoms with E-state index in [1.54, 1.807) is 25.1 Å². The number of nitrogens with one attached hydrogen (secondary N) is 2. The van der Waals surface area contributed by atoms with Crippen molar-refractivity contribution in [1.82, 2.24) is 10.0 Å². The molecule has 1 aromatic rings. The van der Waals surface area contributed by atoms with Crippen LogP contribution in [0.1, 0.15) is 18.6 Å². The molecule has 1 aliphatic rings. The molecule has 0 aromatic heterocycles. The van der Waals surface area contributed by atoms with Gasteiger partial charge in [0, 0.05) is 13.1 Å². The van der Waals surface area contributed by atoms with Gasteiger partial charge in [-0.15, -0.1) is 0 Å². The summed E-state index contributed by atoms with van der Waals surface area (Å²) in [4.78, 5) is 0. The molecule has 0 saturated carbocycles. The van der Waals surface area contributed by atoms with Crippen LogP contribution in [-0.2, 0) is 14.8 Å². The van der Waals surface area contributed by atoms with Gasteiger partial charge in [0.2, 0.25) is 10.0 Å². The lowest BCUT2D eigenvalue weighted by Crippen LogP contribution is -2.45. The topological polar surface area (TPSA) is 67.4 Å². The van der Waals surface area contributed by atoms with E-state index in [1.807, 2.05) is 0 Å². The summed E-state index contributed by atoms with van der Waals surface area (Å²) in [7, 11) is -3.32. The van der Waals surface area contributed by atoms with E-state index in [9.17, 15) is 8.42 Å². The Morgan fingerprint density at radius 3 is 2.81 bits per heavy atom. The maximum atomic E-state index is 11.8. The normalized spacial score (nSPS) is 23.8. The molecule has 1 aromatic carbocycles. The van der Waals surface area contributed by atoms with E-state index in [-0.39, 0.29) is 5.75 Å². The standard InChI is InChI=1S/C13H18Cl2N2O3S/c1-2-21(18,19)17-12-8-16-5-6-20-13(12)9-3-4-10(14)11(15)7-9/h3-4,7,12-13,16-17H,2,5-6,8H2,1H3/t12-,13+/m1/s1. The zero-order valence-electron chi connectivity index (χ0n) is 11.6. The third kappa shape index (κ3) is 4.55. The van der Waals surface area contributed by atoms with Crippen LogP contribution in [0.4, 0.5) is 0 Å². The van der Waals surface area contributed by atoms with Crippen LogP contribution >= 0.6 is 23.2 Å². The molecule has 5 nitrogen and oxygen atoms in total.